The molecule has 0 aliphatic carbocycles. The monoisotopic (exact) mass is 265 g/mol. The maximum absolute atomic E-state index is 11.9. The third-order valence-corrected chi connectivity index (χ3v) is 3.15. The van der Waals surface area contributed by atoms with E-state index >= 15 is 0 Å². The summed E-state index contributed by atoms with van der Waals surface area (Å²) in [7, 11) is 0. The van der Waals surface area contributed by atoms with E-state index in [4.69, 9.17) is 10.00 Å². The molecule has 0 saturated heterocycles. The van der Waals surface area contributed by atoms with Crippen LogP contribution in [0.5, 0.6) is 5.75 Å². The van der Waals surface area contributed by atoms with Gasteiger partial charge in [-0.1, -0.05) is 30.3 Å². The summed E-state index contributed by atoms with van der Waals surface area (Å²) in [6.45, 7) is 4.04. The van der Waals surface area contributed by atoms with Gasteiger partial charge < -0.3 is 4.74 Å². The van der Waals surface area contributed by atoms with Crippen LogP contribution in [0.4, 0.5) is 0 Å². The molecule has 0 atom stereocenters. The van der Waals surface area contributed by atoms with Crippen LogP contribution in [-0.2, 0) is 11.2 Å². The minimum atomic E-state index is -0.365. The molecule has 0 aliphatic heterocycles. The molecule has 0 spiro atoms. The largest absolute Gasteiger partial charge is 0.425 e. The summed E-state index contributed by atoms with van der Waals surface area (Å²) < 4.78 is 5.25. The molecule has 0 aliphatic rings. The minimum Gasteiger partial charge on any atom is -0.425 e. The zero-order valence-electron chi connectivity index (χ0n) is 11.5. The number of hydrogen-bond donors (Lipinski definition) is 0. The summed E-state index contributed by atoms with van der Waals surface area (Å²) in [5.41, 5.74) is 3.61. The minimum absolute atomic E-state index is 0.195. The van der Waals surface area contributed by atoms with Crippen molar-refractivity contribution in [3.8, 4) is 11.8 Å². The Morgan fingerprint density at radius 1 is 1.15 bits per heavy atom. The van der Waals surface area contributed by atoms with Crippen LogP contribution in [0.2, 0.25) is 0 Å². The molecule has 0 saturated carbocycles. The first kappa shape index (κ1) is 13.8. The van der Waals surface area contributed by atoms with Gasteiger partial charge in [0.2, 0.25) is 0 Å². The standard InChI is InChI=1S/C17H15NO2/c1-12-7-8-14(9-13(12)2)10-17(19)20-16-6-4-3-5-15(16)11-18/h3-9H,10H2,1-2H3. The van der Waals surface area contributed by atoms with E-state index in [0.717, 1.165) is 11.1 Å². The molecule has 2 aromatic carbocycles. The lowest BCUT2D eigenvalue weighted by molar-refractivity contribution is -0.133. The van der Waals surface area contributed by atoms with Crippen LogP contribution in [0.1, 0.15) is 22.3 Å². The molecule has 3 heteroatoms. The van der Waals surface area contributed by atoms with Crippen molar-refractivity contribution in [2.75, 3.05) is 0 Å². The van der Waals surface area contributed by atoms with Crippen molar-refractivity contribution in [1.29, 1.82) is 5.26 Å². The normalized spacial score (nSPS) is 9.85. The molecule has 2 aromatic rings. The third-order valence-electron chi connectivity index (χ3n) is 3.15. The van der Waals surface area contributed by atoms with E-state index in [1.54, 1.807) is 24.3 Å². The number of aryl methyl sites for hydroxylation is 2. The SMILES string of the molecule is Cc1ccc(CC(=O)Oc2ccccc2C#N)cc1C. The van der Waals surface area contributed by atoms with Gasteiger partial charge in [0, 0.05) is 0 Å². The highest BCUT2D eigenvalue weighted by Gasteiger charge is 2.10. The van der Waals surface area contributed by atoms with Gasteiger partial charge in [-0.25, -0.2) is 0 Å². The van der Waals surface area contributed by atoms with Gasteiger partial charge >= 0.3 is 5.97 Å². The highest BCUT2D eigenvalue weighted by atomic mass is 16.5. The van der Waals surface area contributed by atoms with Crippen LogP contribution in [-0.4, -0.2) is 5.97 Å². The van der Waals surface area contributed by atoms with Gasteiger partial charge in [-0.05, 0) is 42.7 Å². The highest BCUT2D eigenvalue weighted by Crippen LogP contribution is 2.18. The molecule has 0 unspecified atom stereocenters. The van der Waals surface area contributed by atoms with Crippen LogP contribution in [0.3, 0.4) is 0 Å². The van der Waals surface area contributed by atoms with Crippen LogP contribution in [0.25, 0.3) is 0 Å². The number of hydrogen-bond acceptors (Lipinski definition) is 3. The fourth-order valence-corrected chi connectivity index (χ4v) is 1.89. The fourth-order valence-electron chi connectivity index (χ4n) is 1.89. The number of rotatable bonds is 3. The molecule has 0 amide bonds. The number of carbonyl (C=O) groups is 1. The van der Waals surface area contributed by atoms with Gasteiger partial charge in [-0.2, -0.15) is 5.26 Å². The molecule has 0 fully saturated rings. The first-order chi connectivity index (χ1) is 9.60. The summed E-state index contributed by atoms with van der Waals surface area (Å²) in [6.07, 6.45) is 0.195. The zero-order chi connectivity index (χ0) is 14.5. The number of nitrogens with zero attached hydrogens (tertiary/aromatic N) is 1. The fraction of sp³-hybridized carbons (Fsp3) is 0.176. The van der Waals surface area contributed by atoms with Gasteiger partial charge in [-0.15, -0.1) is 0 Å². The Bertz CT molecular complexity index is 684. The first-order valence-corrected chi connectivity index (χ1v) is 6.36. The van der Waals surface area contributed by atoms with E-state index in [1.165, 1.54) is 5.56 Å². The van der Waals surface area contributed by atoms with E-state index in [9.17, 15) is 4.79 Å². The maximum atomic E-state index is 11.9. The molecule has 0 bridgehead atoms. The Morgan fingerprint density at radius 2 is 1.90 bits per heavy atom. The molecular weight excluding hydrogens is 250 g/mol. The number of ether oxygens (including phenoxy) is 1. The summed E-state index contributed by atoms with van der Waals surface area (Å²) in [4.78, 5) is 11.9. The van der Waals surface area contributed by atoms with Gasteiger partial charge in [0.05, 0.1) is 12.0 Å². The Labute approximate surface area is 118 Å². The molecule has 0 aromatic heterocycles. The summed E-state index contributed by atoms with van der Waals surface area (Å²) in [5, 5.41) is 8.95. The molecule has 0 N–H and O–H groups in total. The number of benzene rings is 2. The van der Waals surface area contributed by atoms with Gasteiger partial charge in [0.15, 0.2) is 0 Å². The lowest BCUT2D eigenvalue weighted by Crippen LogP contribution is -2.12. The van der Waals surface area contributed by atoms with E-state index in [1.807, 2.05) is 38.1 Å². The lowest BCUT2D eigenvalue weighted by atomic mass is 10.0. The third kappa shape index (κ3) is 3.24. The number of esters is 1. The van der Waals surface area contributed by atoms with Crippen molar-refractivity contribution < 1.29 is 9.53 Å². The van der Waals surface area contributed by atoms with Crippen LogP contribution >= 0.6 is 0 Å². The van der Waals surface area contributed by atoms with E-state index < -0.39 is 0 Å². The Kier molecular flexibility index (Phi) is 4.17. The number of carbonyl (C=O) groups excluding carboxylic acids is 1. The van der Waals surface area contributed by atoms with E-state index in [-0.39, 0.29) is 12.4 Å². The Balaban J connectivity index is 2.09. The summed E-state index contributed by atoms with van der Waals surface area (Å²) >= 11 is 0. The van der Waals surface area contributed by atoms with Gasteiger partial charge in [0.25, 0.3) is 0 Å². The van der Waals surface area contributed by atoms with Crippen molar-refractivity contribution >= 4 is 5.97 Å². The zero-order valence-corrected chi connectivity index (χ0v) is 11.5. The summed E-state index contributed by atoms with van der Waals surface area (Å²) in [6, 6.07) is 14.6. The van der Waals surface area contributed by atoms with Crippen molar-refractivity contribution in [3.05, 3.63) is 64.7 Å². The molecule has 2 rings (SSSR count). The van der Waals surface area contributed by atoms with Crippen LogP contribution in [0.15, 0.2) is 42.5 Å². The maximum Gasteiger partial charge on any atom is 0.315 e. The highest BCUT2D eigenvalue weighted by molar-refractivity contribution is 5.76. The smallest absolute Gasteiger partial charge is 0.315 e. The second-order valence-electron chi connectivity index (χ2n) is 4.68. The number of nitriles is 1. The van der Waals surface area contributed by atoms with Crippen molar-refractivity contribution in [3.63, 3.8) is 0 Å². The predicted molar refractivity (Wildman–Crippen MR) is 76.4 cm³/mol. The number of para-hydroxylation sites is 1. The van der Waals surface area contributed by atoms with E-state index in [2.05, 4.69) is 0 Å². The van der Waals surface area contributed by atoms with E-state index in [0.29, 0.717) is 11.3 Å². The van der Waals surface area contributed by atoms with Crippen LogP contribution < -0.4 is 4.74 Å². The molecule has 100 valence electrons. The average molecular weight is 265 g/mol. The van der Waals surface area contributed by atoms with Crippen molar-refractivity contribution in [2.24, 2.45) is 0 Å². The predicted octanol–water partition coefficient (Wildman–Crippen LogP) is 3.32. The van der Waals surface area contributed by atoms with Gasteiger partial charge in [0.1, 0.15) is 11.8 Å². The molecule has 0 radical (unpaired) electrons. The van der Waals surface area contributed by atoms with Crippen molar-refractivity contribution in [2.45, 2.75) is 20.3 Å². The topological polar surface area (TPSA) is 50.1 Å². The Hall–Kier alpha value is -2.60. The van der Waals surface area contributed by atoms with Crippen LogP contribution in [0, 0.1) is 25.2 Å². The Morgan fingerprint density at radius 3 is 2.60 bits per heavy atom. The quantitative estimate of drug-likeness (QED) is 0.632. The second-order valence-corrected chi connectivity index (χ2v) is 4.68. The second kappa shape index (κ2) is 6.03. The molecule has 20 heavy (non-hydrogen) atoms. The molecular formula is C17H15NO2. The lowest BCUT2D eigenvalue weighted by Gasteiger charge is -2.07. The molecule has 0 heterocycles. The molecule has 3 nitrogen and oxygen atoms in total. The first-order valence-electron chi connectivity index (χ1n) is 6.36. The average Bonchev–Trinajstić information content (AvgIpc) is 2.43. The summed E-state index contributed by atoms with van der Waals surface area (Å²) in [5.74, 6) is -0.0558. The van der Waals surface area contributed by atoms with Gasteiger partial charge in [-0.3, -0.25) is 4.79 Å². The van der Waals surface area contributed by atoms with Crippen molar-refractivity contribution in [1.82, 2.24) is 0 Å².